The summed E-state index contributed by atoms with van der Waals surface area (Å²) in [5.74, 6) is 0.486. The standard InChI is InChI=1S/C18H24N4O2S/c1-4-15-7-9-16(10-8-15)13-20-21-18-12-11-17(14-19-18)25(23,24)22(5-2)6-3/h7-14H,4-6H2,1-3H3,(H,19,21)/b20-13+. The summed E-state index contributed by atoms with van der Waals surface area (Å²) in [5.41, 5.74) is 5.06. The molecule has 0 saturated heterocycles. The van der Waals surface area contributed by atoms with Crippen molar-refractivity contribution in [3.8, 4) is 0 Å². The second kappa shape index (κ2) is 8.73. The Balaban J connectivity index is 2.03. The zero-order chi connectivity index (χ0) is 18.3. The molecule has 0 saturated carbocycles. The molecule has 0 spiro atoms. The van der Waals surface area contributed by atoms with Gasteiger partial charge in [0.15, 0.2) is 0 Å². The van der Waals surface area contributed by atoms with Crippen molar-refractivity contribution >= 4 is 22.1 Å². The highest BCUT2D eigenvalue weighted by atomic mass is 32.2. The Hall–Kier alpha value is -2.25. The van der Waals surface area contributed by atoms with Crippen LogP contribution in [0.4, 0.5) is 5.82 Å². The third-order valence-corrected chi connectivity index (χ3v) is 5.89. The predicted octanol–water partition coefficient (Wildman–Crippen LogP) is 3.12. The van der Waals surface area contributed by atoms with Gasteiger partial charge in [-0.05, 0) is 29.7 Å². The average molecular weight is 360 g/mol. The molecular formula is C18H24N4O2S. The Bertz CT molecular complexity index is 796. The molecule has 2 aromatic rings. The summed E-state index contributed by atoms with van der Waals surface area (Å²) in [6, 6.07) is 11.3. The van der Waals surface area contributed by atoms with Gasteiger partial charge in [0.25, 0.3) is 0 Å². The van der Waals surface area contributed by atoms with Gasteiger partial charge in [-0.15, -0.1) is 0 Å². The van der Waals surface area contributed by atoms with Crippen LogP contribution in [0.15, 0.2) is 52.6 Å². The van der Waals surface area contributed by atoms with Crippen LogP contribution in [-0.4, -0.2) is 37.0 Å². The lowest BCUT2D eigenvalue weighted by Crippen LogP contribution is -2.30. The van der Waals surface area contributed by atoms with Crippen molar-refractivity contribution in [1.82, 2.24) is 9.29 Å². The topological polar surface area (TPSA) is 74.7 Å². The van der Waals surface area contributed by atoms with Crippen molar-refractivity contribution in [2.24, 2.45) is 5.10 Å². The molecule has 0 aliphatic rings. The van der Waals surface area contributed by atoms with E-state index >= 15 is 0 Å². The van der Waals surface area contributed by atoms with Gasteiger partial charge >= 0.3 is 0 Å². The molecule has 134 valence electrons. The highest BCUT2D eigenvalue weighted by Gasteiger charge is 2.21. The number of hydrogen-bond acceptors (Lipinski definition) is 5. The molecule has 0 aliphatic carbocycles. The third kappa shape index (κ3) is 4.87. The van der Waals surface area contributed by atoms with E-state index in [0.717, 1.165) is 12.0 Å². The van der Waals surface area contributed by atoms with Gasteiger partial charge in [-0.2, -0.15) is 9.41 Å². The van der Waals surface area contributed by atoms with E-state index in [-0.39, 0.29) is 4.90 Å². The Morgan fingerprint density at radius 2 is 1.76 bits per heavy atom. The van der Waals surface area contributed by atoms with E-state index in [4.69, 9.17) is 0 Å². The largest absolute Gasteiger partial charge is 0.261 e. The van der Waals surface area contributed by atoms with Crippen LogP contribution >= 0.6 is 0 Å². The van der Waals surface area contributed by atoms with Crippen LogP contribution in [0.5, 0.6) is 0 Å². The summed E-state index contributed by atoms with van der Waals surface area (Å²) in [7, 11) is -3.48. The van der Waals surface area contributed by atoms with E-state index in [1.165, 1.54) is 22.1 Å². The molecule has 25 heavy (non-hydrogen) atoms. The molecule has 0 amide bonds. The Labute approximate surface area is 149 Å². The van der Waals surface area contributed by atoms with Crippen LogP contribution in [0.3, 0.4) is 0 Å². The molecule has 0 atom stereocenters. The first-order valence-corrected chi connectivity index (χ1v) is 9.79. The second-order valence-electron chi connectivity index (χ2n) is 5.43. The lowest BCUT2D eigenvalue weighted by atomic mass is 10.1. The Morgan fingerprint density at radius 1 is 1.08 bits per heavy atom. The molecule has 6 nitrogen and oxygen atoms in total. The summed E-state index contributed by atoms with van der Waals surface area (Å²) in [6.45, 7) is 6.60. The maximum atomic E-state index is 12.4. The van der Waals surface area contributed by atoms with Gasteiger partial charge in [0.2, 0.25) is 10.0 Å². The number of aromatic nitrogens is 1. The molecule has 2 rings (SSSR count). The number of anilines is 1. The maximum absolute atomic E-state index is 12.4. The molecule has 1 aromatic heterocycles. The molecule has 1 N–H and O–H groups in total. The lowest BCUT2D eigenvalue weighted by Gasteiger charge is -2.18. The summed E-state index contributed by atoms with van der Waals surface area (Å²) >= 11 is 0. The van der Waals surface area contributed by atoms with Crippen molar-refractivity contribution in [1.29, 1.82) is 0 Å². The molecule has 0 bridgehead atoms. The third-order valence-electron chi connectivity index (χ3n) is 3.86. The zero-order valence-electron chi connectivity index (χ0n) is 14.8. The van der Waals surface area contributed by atoms with Crippen molar-refractivity contribution in [3.63, 3.8) is 0 Å². The number of rotatable bonds is 8. The Kier molecular flexibility index (Phi) is 6.66. The normalized spacial score (nSPS) is 12.0. The van der Waals surface area contributed by atoms with Crippen LogP contribution in [0.25, 0.3) is 0 Å². The maximum Gasteiger partial charge on any atom is 0.244 e. The number of pyridine rings is 1. The number of nitrogens with zero attached hydrogens (tertiary/aromatic N) is 3. The van der Waals surface area contributed by atoms with Crippen molar-refractivity contribution in [3.05, 3.63) is 53.7 Å². The first-order valence-electron chi connectivity index (χ1n) is 8.35. The number of benzene rings is 1. The quantitative estimate of drug-likeness (QED) is 0.580. The highest BCUT2D eigenvalue weighted by Crippen LogP contribution is 2.16. The molecule has 0 aliphatic heterocycles. The minimum Gasteiger partial charge on any atom is -0.261 e. The van der Waals surface area contributed by atoms with E-state index in [1.54, 1.807) is 12.3 Å². The van der Waals surface area contributed by atoms with E-state index in [0.29, 0.717) is 18.9 Å². The highest BCUT2D eigenvalue weighted by molar-refractivity contribution is 7.89. The van der Waals surface area contributed by atoms with Gasteiger partial charge in [0.1, 0.15) is 10.7 Å². The number of sulfonamides is 1. The number of aryl methyl sites for hydroxylation is 1. The van der Waals surface area contributed by atoms with E-state index in [2.05, 4.69) is 34.6 Å². The monoisotopic (exact) mass is 360 g/mol. The van der Waals surface area contributed by atoms with Gasteiger partial charge < -0.3 is 0 Å². The minimum atomic E-state index is -3.48. The van der Waals surface area contributed by atoms with Gasteiger partial charge in [-0.1, -0.05) is 45.0 Å². The zero-order valence-corrected chi connectivity index (χ0v) is 15.6. The van der Waals surface area contributed by atoms with Crippen molar-refractivity contribution in [2.75, 3.05) is 18.5 Å². The van der Waals surface area contributed by atoms with Gasteiger partial charge in [-0.25, -0.2) is 13.4 Å². The summed E-state index contributed by atoms with van der Waals surface area (Å²) in [6.07, 6.45) is 4.05. The summed E-state index contributed by atoms with van der Waals surface area (Å²) in [4.78, 5) is 4.31. The molecule has 1 aromatic carbocycles. The van der Waals surface area contributed by atoms with Gasteiger partial charge in [0, 0.05) is 19.3 Å². The molecule has 1 heterocycles. The first kappa shape index (κ1) is 19.1. The van der Waals surface area contributed by atoms with Crippen LogP contribution in [0.1, 0.15) is 31.9 Å². The molecule has 7 heteroatoms. The fourth-order valence-corrected chi connectivity index (χ4v) is 3.73. The van der Waals surface area contributed by atoms with Gasteiger partial charge in [0.05, 0.1) is 6.21 Å². The number of hydrogen-bond donors (Lipinski definition) is 1. The fraction of sp³-hybridized carbons (Fsp3) is 0.333. The lowest BCUT2D eigenvalue weighted by molar-refractivity contribution is 0.445. The van der Waals surface area contributed by atoms with Crippen molar-refractivity contribution < 1.29 is 8.42 Å². The Morgan fingerprint density at radius 3 is 2.28 bits per heavy atom. The summed E-state index contributed by atoms with van der Waals surface area (Å²) < 4.78 is 26.2. The smallest absolute Gasteiger partial charge is 0.244 e. The average Bonchev–Trinajstić information content (AvgIpc) is 2.63. The van der Waals surface area contributed by atoms with E-state index in [1.807, 2.05) is 26.0 Å². The fourth-order valence-electron chi connectivity index (χ4n) is 2.32. The SMILES string of the molecule is CCc1ccc(/C=N/Nc2ccc(S(=O)(=O)N(CC)CC)cn2)cc1. The van der Waals surface area contributed by atoms with E-state index < -0.39 is 10.0 Å². The number of hydrazone groups is 1. The summed E-state index contributed by atoms with van der Waals surface area (Å²) in [5, 5.41) is 4.13. The molecule has 0 unspecified atom stereocenters. The van der Waals surface area contributed by atoms with Crippen LogP contribution < -0.4 is 5.43 Å². The predicted molar refractivity (Wildman–Crippen MR) is 101 cm³/mol. The molecular weight excluding hydrogens is 336 g/mol. The minimum absolute atomic E-state index is 0.181. The van der Waals surface area contributed by atoms with E-state index in [9.17, 15) is 8.42 Å². The van der Waals surface area contributed by atoms with Crippen LogP contribution in [0, 0.1) is 0 Å². The molecule has 0 fully saturated rings. The van der Waals surface area contributed by atoms with Crippen LogP contribution in [-0.2, 0) is 16.4 Å². The van der Waals surface area contributed by atoms with Crippen molar-refractivity contribution in [2.45, 2.75) is 32.1 Å². The molecule has 0 radical (unpaired) electrons. The van der Waals surface area contributed by atoms with Gasteiger partial charge in [-0.3, -0.25) is 5.43 Å². The second-order valence-corrected chi connectivity index (χ2v) is 7.37. The first-order chi connectivity index (χ1) is 12.0. The number of nitrogens with one attached hydrogen (secondary N) is 1. The van der Waals surface area contributed by atoms with Crippen LogP contribution in [0.2, 0.25) is 0 Å².